The maximum Gasteiger partial charge on any atom is 0.180 e. The van der Waals surface area contributed by atoms with Crippen LogP contribution in [0.15, 0.2) is 77.1 Å². The molecule has 1 aromatic heterocycles. The Bertz CT molecular complexity index is 901. The first-order valence-electron chi connectivity index (χ1n) is 8.97. The number of rotatable bonds is 7. The number of aromatic nitrogens is 2. The molecule has 0 aliphatic rings. The van der Waals surface area contributed by atoms with E-state index in [0.717, 1.165) is 41.1 Å². The van der Waals surface area contributed by atoms with Crippen LogP contribution >= 0.6 is 11.8 Å². The maximum absolute atomic E-state index is 5.90. The number of nitrogens with two attached hydrogens (primary N) is 1. The van der Waals surface area contributed by atoms with Gasteiger partial charge in [-0.1, -0.05) is 73.6 Å². The van der Waals surface area contributed by atoms with Crippen molar-refractivity contribution < 1.29 is 0 Å². The lowest BCUT2D eigenvalue weighted by molar-refractivity contribution is 0.884. The number of nitrogens with zero attached hydrogens (tertiary/aromatic N) is 4. The molecule has 3 rings (SSSR count). The second kappa shape index (κ2) is 9.73. The van der Waals surface area contributed by atoms with Crippen LogP contribution in [0.1, 0.15) is 25.3 Å². The van der Waals surface area contributed by atoms with Gasteiger partial charge < -0.3 is 5.73 Å². The lowest BCUT2D eigenvalue weighted by Gasteiger charge is -2.00. The van der Waals surface area contributed by atoms with Crippen molar-refractivity contribution in [2.75, 3.05) is 5.75 Å². The summed E-state index contributed by atoms with van der Waals surface area (Å²) in [6.07, 6.45) is 5.92. The van der Waals surface area contributed by atoms with E-state index < -0.39 is 0 Å². The van der Waals surface area contributed by atoms with Gasteiger partial charge in [0.1, 0.15) is 5.69 Å². The van der Waals surface area contributed by atoms with Gasteiger partial charge in [-0.15, -0.1) is 5.10 Å². The van der Waals surface area contributed by atoms with Crippen LogP contribution in [-0.4, -0.2) is 26.9 Å². The number of amidine groups is 1. The van der Waals surface area contributed by atoms with Gasteiger partial charge in [0.15, 0.2) is 5.17 Å². The molecule has 27 heavy (non-hydrogen) atoms. The zero-order valence-corrected chi connectivity index (χ0v) is 16.1. The highest BCUT2D eigenvalue weighted by molar-refractivity contribution is 8.13. The molecule has 3 aromatic rings. The molecule has 2 N–H and O–H groups in total. The van der Waals surface area contributed by atoms with Crippen LogP contribution in [-0.2, 0) is 0 Å². The van der Waals surface area contributed by atoms with E-state index in [0.29, 0.717) is 5.17 Å². The third-order valence-corrected chi connectivity index (χ3v) is 4.78. The molecule has 0 saturated carbocycles. The Hall–Kier alpha value is -2.86. The second-order valence-electron chi connectivity index (χ2n) is 5.96. The third-order valence-electron chi connectivity index (χ3n) is 3.91. The summed E-state index contributed by atoms with van der Waals surface area (Å²) < 4.78 is 1.85. The quantitative estimate of drug-likeness (QED) is 0.280. The van der Waals surface area contributed by atoms with Gasteiger partial charge in [0, 0.05) is 23.1 Å². The fraction of sp³-hybridized carbons (Fsp3) is 0.190. The predicted molar refractivity (Wildman–Crippen MR) is 116 cm³/mol. The van der Waals surface area contributed by atoms with Crippen molar-refractivity contribution in [3.05, 3.63) is 72.4 Å². The van der Waals surface area contributed by atoms with Gasteiger partial charge in [0.2, 0.25) is 0 Å². The van der Waals surface area contributed by atoms with E-state index >= 15 is 0 Å². The predicted octanol–water partition coefficient (Wildman–Crippen LogP) is 4.72. The number of para-hydroxylation sites is 1. The summed E-state index contributed by atoms with van der Waals surface area (Å²) >= 11 is 1.53. The van der Waals surface area contributed by atoms with Crippen LogP contribution < -0.4 is 5.73 Å². The largest absolute Gasteiger partial charge is 0.377 e. The van der Waals surface area contributed by atoms with Crippen LogP contribution in [0.5, 0.6) is 0 Å². The van der Waals surface area contributed by atoms with Crippen molar-refractivity contribution in [2.45, 2.75) is 19.8 Å². The molecule has 0 aliphatic heterocycles. The Kier molecular flexibility index (Phi) is 6.82. The van der Waals surface area contributed by atoms with Crippen molar-refractivity contribution >= 4 is 23.1 Å². The maximum atomic E-state index is 5.90. The van der Waals surface area contributed by atoms with Crippen molar-refractivity contribution in [1.82, 2.24) is 9.78 Å². The van der Waals surface area contributed by atoms with Crippen molar-refractivity contribution in [1.29, 1.82) is 0 Å². The molecule has 0 aliphatic carbocycles. The van der Waals surface area contributed by atoms with Crippen LogP contribution in [0, 0.1) is 0 Å². The molecule has 2 aromatic carbocycles. The molecule has 0 bridgehead atoms. The Morgan fingerprint density at radius 2 is 1.81 bits per heavy atom. The molecule has 6 heteroatoms. The molecule has 0 radical (unpaired) electrons. The molecule has 138 valence electrons. The topological polar surface area (TPSA) is 68.6 Å². The van der Waals surface area contributed by atoms with Crippen molar-refractivity contribution in [2.24, 2.45) is 15.9 Å². The van der Waals surface area contributed by atoms with Gasteiger partial charge >= 0.3 is 0 Å². The highest BCUT2D eigenvalue weighted by Gasteiger charge is 2.10. The Morgan fingerprint density at radius 3 is 2.52 bits per heavy atom. The number of hydrogen-bond acceptors (Lipinski definition) is 4. The van der Waals surface area contributed by atoms with Gasteiger partial charge in [0.25, 0.3) is 0 Å². The SMILES string of the molecule is CCCCS/C(N)=N\N=C/c1cn(-c2ccccc2)nc1-c1ccccc1. The summed E-state index contributed by atoms with van der Waals surface area (Å²) in [5.41, 5.74) is 9.67. The van der Waals surface area contributed by atoms with Gasteiger partial charge in [0.05, 0.1) is 11.9 Å². The molecular weight excluding hydrogens is 354 g/mol. The zero-order valence-electron chi connectivity index (χ0n) is 15.3. The summed E-state index contributed by atoms with van der Waals surface area (Å²) in [4.78, 5) is 0. The zero-order chi connectivity index (χ0) is 18.9. The number of thioether (sulfide) groups is 1. The summed E-state index contributed by atoms with van der Waals surface area (Å²) in [5.74, 6) is 0.961. The molecule has 0 atom stereocenters. The molecule has 0 saturated heterocycles. The lowest BCUT2D eigenvalue weighted by atomic mass is 10.1. The van der Waals surface area contributed by atoms with Crippen molar-refractivity contribution in [3.8, 4) is 16.9 Å². The van der Waals surface area contributed by atoms with E-state index in [4.69, 9.17) is 10.8 Å². The Balaban J connectivity index is 1.88. The lowest BCUT2D eigenvalue weighted by Crippen LogP contribution is -2.06. The number of unbranched alkanes of at least 4 members (excludes halogenated alkanes) is 1. The van der Waals surface area contributed by atoms with E-state index in [-0.39, 0.29) is 0 Å². The third kappa shape index (κ3) is 5.31. The van der Waals surface area contributed by atoms with Crippen LogP contribution in [0.4, 0.5) is 0 Å². The Labute approximate surface area is 164 Å². The minimum Gasteiger partial charge on any atom is -0.377 e. The van der Waals surface area contributed by atoms with E-state index in [1.165, 1.54) is 11.8 Å². The average Bonchev–Trinajstić information content (AvgIpc) is 3.14. The van der Waals surface area contributed by atoms with E-state index in [9.17, 15) is 0 Å². The molecular formula is C21H23N5S. The highest BCUT2D eigenvalue weighted by atomic mass is 32.2. The van der Waals surface area contributed by atoms with Gasteiger partial charge in [-0.25, -0.2) is 4.68 Å². The van der Waals surface area contributed by atoms with Gasteiger partial charge in [-0.05, 0) is 18.6 Å². The monoisotopic (exact) mass is 377 g/mol. The highest BCUT2D eigenvalue weighted by Crippen LogP contribution is 2.22. The van der Waals surface area contributed by atoms with Gasteiger partial charge in [-0.2, -0.15) is 10.2 Å². The normalized spacial score (nSPS) is 12.0. The standard InChI is InChI=1S/C21H23N5S/c1-2-3-14-27-21(22)24-23-15-18-16-26(19-12-8-5-9-13-19)25-20(18)17-10-6-4-7-11-17/h4-13,15-16H,2-3,14H2,1H3,(H2,22,24)/b23-15-. The molecule has 0 unspecified atom stereocenters. The van der Waals surface area contributed by atoms with Crippen molar-refractivity contribution in [3.63, 3.8) is 0 Å². The fourth-order valence-electron chi connectivity index (χ4n) is 2.51. The van der Waals surface area contributed by atoms with E-state index in [2.05, 4.69) is 17.1 Å². The number of benzene rings is 2. The first-order chi connectivity index (χ1) is 13.3. The summed E-state index contributed by atoms with van der Waals surface area (Å²) in [5, 5.41) is 13.5. The summed E-state index contributed by atoms with van der Waals surface area (Å²) in [7, 11) is 0. The number of hydrogen-bond donors (Lipinski definition) is 1. The average molecular weight is 378 g/mol. The van der Waals surface area contributed by atoms with Crippen LogP contribution in [0.2, 0.25) is 0 Å². The first-order valence-corrected chi connectivity index (χ1v) is 9.96. The summed E-state index contributed by atoms with van der Waals surface area (Å²) in [6, 6.07) is 20.1. The van der Waals surface area contributed by atoms with E-state index in [1.807, 2.05) is 71.5 Å². The summed E-state index contributed by atoms with van der Waals surface area (Å²) in [6.45, 7) is 2.15. The fourth-order valence-corrected chi connectivity index (χ4v) is 3.26. The molecule has 0 fully saturated rings. The second-order valence-corrected chi connectivity index (χ2v) is 7.08. The van der Waals surface area contributed by atoms with Crippen LogP contribution in [0.25, 0.3) is 16.9 Å². The molecule has 0 amide bonds. The minimum absolute atomic E-state index is 0.483. The smallest absolute Gasteiger partial charge is 0.180 e. The van der Waals surface area contributed by atoms with Crippen LogP contribution in [0.3, 0.4) is 0 Å². The minimum atomic E-state index is 0.483. The molecule has 1 heterocycles. The van der Waals surface area contributed by atoms with E-state index in [1.54, 1.807) is 6.21 Å². The molecule has 0 spiro atoms. The van der Waals surface area contributed by atoms with Gasteiger partial charge in [-0.3, -0.25) is 0 Å². The first kappa shape index (κ1) is 18.9. The Morgan fingerprint density at radius 1 is 1.11 bits per heavy atom. The molecule has 5 nitrogen and oxygen atoms in total.